The van der Waals surface area contributed by atoms with Crippen LogP contribution in [0.15, 0.2) is 24.5 Å². The van der Waals surface area contributed by atoms with Crippen molar-refractivity contribution in [2.45, 2.75) is 24.9 Å². The molecule has 1 fully saturated rings. The Kier molecular flexibility index (Phi) is 4.10. The van der Waals surface area contributed by atoms with Gasteiger partial charge in [0, 0.05) is 44.2 Å². The molecule has 0 spiro atoms. The topological polar surface area (TPSA) is 51.4 Å². The molecule has 0 saturated carbocycles. The van der Waals surface area contributed by atoms with Gasteiger partial charge in [0.15, 0.2) is 0 Å². The van der Waals surface area contributed by atoms with E-state index in [1.54, 1.807) is 0 Å². The maximum absolute atomic E-state index is 5.98. The minimum atomic E-state index is 0.0987. The minimum Gasteiger partial charge on any atom is -0.381 e. The number of hydrogen-bond donors (Lipinski definition) is 1. The van der Waals surface area contributed by atoms with E-state index in [4.69, 9.17) is 10.5 Å². The summed E-state index contributed by atoms with van der Waals surface area (Å²) < 4.78 is 5.43. The van der Waals surface area contributed by atoms with E-state index in [2.05, 4.69) is 29.1 Å². The third-order valence-corrected chi connectivity index (χ3v) is 3.78. The lowest BCUT2D eigenvalue weighted by Gasteiger charge is -2.43. The van der Waals surface area contributed by atoms with E-state index in [-0.39, 0.29) is 5.54 Å². The molecule has 2 N–H and O–H groups in total. The molecule has 4 nitrogen and oxygen atoms in total. The standard InChI is InChI=1S/C13H21N3O/c1-16(10-12-2-6-15-7-3-12)13(11-14)4-8-17-9-5-13/h2-3,6-7H,4-5,8-11,14H2,1H3. The average molecular weight is 235 g/mol. The summed E-state index contributed by atoms with van der Waals surface area (Å²) in [6, 6.07) is 4.11. The molecule has 1 saturated heterocycles. The monoisotopic (exact) mass is 235 g/mol. The Hall–Kier alpha value is -0.970. The van der Waals surface area contributed by atoms with Crippen LogP contribution in [0, 0.1) is 0 Å². The lowest BCUT2D eigenvalue weighted by Crippen LogP contribution is -2.54. The molecule has 0 radical (unpaired) electrons. The third kappa shape index (κ3) is 2.83. The van der Waals surface area contributed by atoms with Gasteiger partial charge in [-0.1, -0.05) is 0 Å². The first kappa shape index (κ1) is 12.5. The van der Waals surface area contributed by atoms with Crippen LogP contribution in [0.2, 0.25) is 0 Å². The summed E-state index contributed by atoms with van der Waals surface area (Å²) in [5.74, 6) is 0. The second kappa shape index (κ2) is 5.58. The van der Waals surface area contributed by atoms with Gasteiger partial charge in [-0.3, -0.25) is 9.88 Å². The molecule has 0 aliphatic carbocycles. The van der Waals surface area contributed by atoms with Crippen LogP contribution in [-0.2, 0) is 11.3 Å². The molecule has 0 bridgehead atoms. The van der Waals surface area contributed by atoms with Crippen molar-refractivity contribution in [2.75, 3.05) is 26.8 Å². The number of nitrogens with two attached hydrogens (primary N) is 1. The number of hydrogen-bond acceptors (Lipinski definition) is 4. The van der Waals surface area contributed by atoms with Gasteiger partial charge in [0.25, 0.3) is 0 Å². The smallest absolute Gasteiger partial charge is 0.0484 e. The van der Waals surface area contributed by atoms with Crippen LogP contribution in [0.4, 0.5) is 0 Å². The Balaban J connectivity index is 2.04. The maximum atomic E-state index is 5.98. The zero-order chi connectivity index (χ0) is 12.1. The number of rotatable bonds is 4. The average Bonchev–Trinajstić information content (AvgIpc) is 2.40. The Morgan fingerprint density at radius 3 is 2.59 bits per heavy atom. The van der Waals surface area contributed by atoms with Gasteiger partial charge in [0.05, 0.1) is 0 Å². The van der Waals surface area contributed by atoms with Crippen molar-refractivity contribution in [1.82, 2.24) is 9.88 Å². The zero-order valence-corrected chi connectivity index (χ0v) is 10.4. The minimum absolute atomic E-state index is 0.0987. The number of nitrogens with zero attached hydrogens (tertiary/aromatic N) is 2. The van der Waals surface area contributed by atoms with Crippen molar-refractivity contribution in [3.8, 4) is 0 Å². The number of pyridine rings is 1. The van der Waals surface area contributed by atoms with E-state index < -0.39 is 0 Å². The Bertz CT molecular complexity index is 336. The second-order valence-corrected chi connectivity index (χ2v) is 4.75. The van der Waals surface area contributed by atoms with Gasteiger partial charge in [0.1, 0.15) is 0 Å². The van der Waals surface area contributed by atoms with E-state index in [9.17, 15) is 0 Å². The SMILES string of the molecule is CN(Cc1ccncc1)C1(CN)CCOCC1. The van der Waals surface area contributed by atoms with Gasteiger partial charge in [-0.25, -0.2) is 0 Å². The van der Waals surface area contributed by atoms with Crippen LogP contribution in [-0.4, -0.2) is 42.2 Å². The van der Waals surface area contributed by atoms with Crippen molar-refractivity contribution in [3.05, 3.63) is 30.1 Å². The second-order valence-electron chi connectivity index (χ2n) is 4.75. The number of aromatic nitrogens is 1. The fourth-order valence-electron chi connectivity index (χ4n) is 2.42. The molecule has 1 aliphatic rings. The molecule has 17 heavy (non-hydrogen) atoms. The highest BCUT2D eigenvalue weighted by atomic mass is 16.5. The molecule has 1 aromatic heterocycles. The molecule has 0 unspecified atom stereocenters. The van der Waals surface area contributed by atoms with E-state index >= 15 is 0 Å². The van der Waals surface area contributed by atoms with Gasteiger partial charge >= 0.3 is 0 Å². The van der Waals surface area contributed by atoms with E-state index in [0.29, 0.717) is 6.54 Å². The van der Waals surface area contributed by atoms with Crippen LogP contribution >= 0.6 is 0 Å². The van der Waals surface area contributed by atoms with Crippen molar-refractivity contribution in [1.29, 1.82) is 0 Å². The molecule has 0 aromatic carbocycles. The lowest BCUT2D eigenvalue weighted by atomic mass is 9.88. The summed E-state index contributed by atoms with van der Waals surface area (Å²) in [5, 5.41) is 0. The molecule has 1 aromatic rings. The molecular formula is C13H21N3O. The van der Waals surface area contributed by atoms with Gasteiger partial charge in [0.2, 0.25) is 0 Å². The Labute approximate surface area is 103 Å². The maximum Gasteiger partial charge on any atom is 0.0484 e. The molecule has 1 aliphatic heterocycles. The van der Waals surface area contributed by atoms with Crippen molar-refractivity contribution in [3.63, 3.8) is 0 Å². The van der Waals surface area contributed by atoms with E-state index in [1.807, 2.05) is 12.4 Å². The highest BCUT2D eigenvalue weighted by Gasteiger charge is 2.35. The fraction of sp³-hybridized carbons (Fsp3) is 0.615. The summed E-state index contributed by atoms with van der Waals surface area (Å²) in [6.45, 7) is 3.24. The summed E-state index contributed by atoms with van der Waals surface area (Å²) in [7, 11) is 2.15. The van der Waals surface area contributed by atoms with Crippen molar-refractivity contribution in [2.24, 2.45) is 5.73 Å². The van der Waals surface area contributed by atoms with Gasteiger partial charge < -0.3 is 10.5 Å². The summed E-state index contributed by atoms with van der Waals surface area (Å²) in [4.78, 5) is 6.41. The largest absolute Gasteiger partial charge is 0.381 e. The highest BCUT2D eigenvalue weighted by Crippen LogP contribution is 2.27. The molecule has 0 atom stereocenters. The first-order chi connectivity index (χ1) is 8.27. The van der Waals surface area contributed by atoms with Crippen LogP contribution in [0.1, 0.15) is 18.4 Å². The zero-order valence-electron chi connectivity index (χ0n) is 10.4. The molecule has 2 heterocycles. The molecular weight excluding hydrogens is 214 g/mol. The van der Waals surface area contributed by atoms with Gasteiger partial charge in [-0.05, 0) is 37.6 Å². The van der Waals surface area contributed by atoms with Crippen LogP contribution in [0.5, 0.6) is 0 Å². The normalized spacial score (nSPS) is 19.5. The Morgan fingerprint density at radius 1 is 1.35 bits per heavy atom. The number of ether oxygens (including phenoxy) is 1. The van der Waals surface area contributed by atoms with Crippen LogP contribution in [0.3, 0.4) is 0 Å². The molecule has 2 rings (SSSR count). The summed E-state index contributed by atoms with van der Waals surface area (Å²) in [6.07, 6.45) is 5.71. The predicted octanol–water partition coefficient (Wildman–Crippen LogP) is 1.02. The summed E-state index contributed by atoms with van der Waals surface area (Å²) >= 11 is 0. The fourth-order valence-corrected chi connectivity index (χ4v) is 2.42. The molecule has 94 valence electrons. The molecule has 4 heteroatoms. The van der Waals surface area contributed by atoms with Crippen molar-refractivity contribution < 1.29 is 4.74 Å². The Morgan fingerprint density at radius 2 is 2.00 bits per heavy atom. The van der Waals surface area contributed by atoms with Crippen LogP contribution in [0.25, 0.3) is 0 Å². The lowest BCUT2D eigenvalue weighted by molar-refractivity contribution is -0.0163. The van der Waals surface area contributed by atoms with E-state index in [1.165, 1.54) is 5.56 Å². The van der Waals surface area contributed by atoms with Crippen LogP contribution < -0.4 is 5.73 Å². The van der Waals surface area contributed by atoms with Gasteiger partial charge in [-0.2, -0.15) is 0 Å². The first-order valence-electron chi connectivity index (χ1n) is 6.15. The molecule has 0 amide bonds. The summed E-state index contributed by atoms with van der Waals surface area (Å²) in [5.41, 5.74) is 7.36. The predicted molar refractivity (Wildman–Crippen MR) is 67.5 cm³/mol. The van der Waals surface area contributed by atoms with Crippen molar-refractivity contribution >= 4 is 0 Å². The highest BCUT2D eigenvalue weighted by molar-refractivity contribution is 5.10. The third-order valence-electron chi connectivity index (χ3n) is 3.78. The van der Waals surface area contributed by atoms with Gasteiger partial charge in [-0.15, -0.1) is 0 Å². The quantitative estimate of drug-likeness (QED) is 0.846. The number of likely N-dealkylation sites (N-methyl/N-ethyl adjacent to an activating group) is 1. The first-order valence-corrected chi connectivity index (χ1v) is 6.15. The van der Waals surface area contributed by atoms with E-state index in [0.717, 1.165) is 32.6 Å².